The Morgan fingerprint density at radius 2 is 2.10 bits per heavy atom. The van der Waals surface area contributed by atoms with Crippen LogP contribution in [-0.2, 0) is 4.79 Å². The Labute approximate surface area is 123 Å². The van der Waals surface area contributed by atoms with Gasteiger partial charge in [0.2, 0.25) is 5.91 Å². The maximum absolute atomic E-state index is 12.6. The van der Waals surface area contributed by atoms with Crippen molar-refractivity contribution in [3.63, 3.8) is 0 Å². The average Bonchev–Trinajstić information content (AvgIpc) is 3.10. The lowest BCUT2D eigenvalue weighted by Crippen LogP contribution is -2.40. The molecule has 21 heavy (non-hydrogen) atoms. The molecule has 1 fully saturated rings. The molecule has 1 saturated heterocycles. The largest absolute Gasteiger partial charge is 0.359 e. The van der Waals surface area contributed by atoms with Crippen molar-refractivity contribution in [1.29, 1.82) is 0 Å². The summed E-state index contributed by atoms with van der Waals surface area (Å²) in [6.07, 6.45) is 0.693. The first-order valence-corrected chi connectivity index (χ1v) is 7.13. The van der Waals surface area contributed by atoms with Crippen LogP contribution in [0.15, 0.2) is 30.3 Å². The summed E-state index contributed by atoms with van der Waals surface area (Å²) < 4.78 is 0. The number of rotatable bonds is 2. The fourth-order valence-corrected chi connectivity index (χ4v) is 2.98. The second-order valence-corrected chi connectivity index (χ2v) is 5.89. The molecule has 2 amide bonds. The number of H-pyrrole nitrogens is 1. The molecule has 0 radical (unpaired) electrons. The van der Waals surface area contributed by atoms with Crippen LogP contribution in [0.5, 0.6) is 0 Å². The van der Waals surface area contributed by atoms with E-state index in [1.54, 1.807) is 11.9 Å². The normalized spacial score (nSPS) is 21.7. The topological polar surface area (TPSA) is 65.2 Å². The maximum atomic E-state index is 12.6. The SMILES string of the molecule is CNC(=O)C1(C)CCN(C(=O)c2cc3ccccc3[nH]2)C1. The van der Waals surface area contributed by atoms with E-state index in [0.717, 1.165) is 10.9 Å². The van der Waals surface area contributed by atoms with E-state index in [1.807, 2.05) is 37.3 Å². The van der Waals surface area contributed by atoms with Crippen LogP contribution in [0.2, 0.25) is 0 Å². The zero-order valence-electron chi connectivity index (χ0n) is 12.3. The van der Waals surface area contributed by atoms with Crippen LogP contribution in [0, 0.1) is 5.41 Å². The fraction of sp³-hybridized carbons (Fsp3) is 0.375. The maximum Gasteiger partial charge on any atom is 0.270 e. The van der Waals surface area contributed by atoms with Gasteiger partial charge in [0.25, 0.3) is 5.91 Å². The lowest BCUT2D eigenvalue weighted by molar-refractivity contribution is -0.128. The fourth-order valence-electron chi connectivity index (χ4n) is 2.98. The molecule has 110 valence electrons. The molecule has 0 bridgehead atoms. The first-order valence-electron chi connectivity index (χ1n) is 7.13. The van der Waals surface area contributed by atoms with Crippen molar-refractivity contribution < 1.29 is 9.59 Å². The van der Waals surface area contributed by atoms with Gasteiger partial charge >= 0.3 is 0 Å². The van der Waals surface area contributed by atoms with Gasteiger partial charge in [0.15, 0.2) is 0 Å². The number of benzene rings is 1. The molecule has 2 N–H and O–H groups in total. The van der Waals surface area contributed by atoms with Gasteiger partial charge in [-0.25, -0.2) is 0 Å². The van der Waals surface area contributed by atoms with Crippen molar-refractivity contribution in [3.05, 3.63) is 36.0 Å². The third-order valence-electron chi connectivity index (χ3n) is 4.30. The summed E-state index contributed by atoms with van der Waals surface area (Å²) in [6, 6.07) is 9.67. The highest BCUT2D eigenvalue weighted by Gasteiger charge is 2.41. The van der Waals surface area contributed by atoms with Crippen molar-refractivity contribution in [3.8, 4) is 0 Å². The minimum absolute atomic E-state index is 0.00514. The number of hydrogen-bond acceptors (Lipinski definition) is 2. The molecule has 2 heterocycles. The van der Waals surface area contributed by atoms with Gasteiger partial charge in [0.1, 0.15) is 5.69 Å². The number of amides is 2. The van der Waals surface area contributed by atoms with Gasteiger partial charge in [-0.1, -0.05) is 18.2 Å². The number of para-hydroxylation sites is 1. The number of hydrogen-bond donors (Lipinski definition) is 2. The van der Waals surface area contributed by atoms with E-state index in [2.05, 4.69) is 10.3 Å². The van der Waals surface area contributed by atoms with Gasteiger partial charge < -0.3 is 15.2 Å². The van der Waals surface area contributed by atoms with Gasteiger partial charge in [-0.15, -0.1) is 0 Å². The molecule has 3 rings (SSSR count). The van der Waals surface area contributed by atoms with Crippen LogP contribution in [0.3, 0.4) is 0 Å². The van der Waals surface area contributed by atoms with E-state index in [9.17, 15) is 9.59 Å². The number of carbonyl (C=O) groups is 2. The van der Waals surface area contributed by atoms with E-state index >= 15 is 0 Å². The number of aromatic nitrogens is 1. The molecule has 5 heteroatoms. The predicted molar refractivity (Wildman–Crippen MR) is 81.0 cm³/mol. The van der Waals surface area contributed by atoms with Crippen LogP contribution >= 0.6 is 0 Å². The summed E-state index contributed by atoms with van der Waals surface area (Å²) in [5.41, 5.74) is 1.04. The van der Waals surface area contributed by atoms with Gasteiger partial charge in [-0.3, -0.25) is 9.59 Å². The Balaban J connectivity index is 1.82. The molecular weight excluding hydrogens is 266 g/mol. The number of aromatic amines is 1. The Kier molecular flexibility index (Phi) is 3.20. The second kappa shape index (κ2) is 4.91. The highest BCUT2D eigenvalue weighted by molar-refractivity contribution is 5.98. The molecule has 1 aromatic carbocycles. The molecule has 1 aliphatic rings. The summed E-state index contributed by atoms with van der Waals surface area (Å²) in [6.45, 7) is 2.98. The molecule has 1 atom stereocenters. The van der Waals surface area contributed by atoms with E-state index in [0.29, 0.717) is 25.2 Å². The average molecular weight is 285 g/mol. The second-order valence-electron chi connectivity index (χ2n) is 5.89. The van der Waals surface area contributed by atoms with Crippen LogP contribution in [0.25, 0.3) is 10.9 Å². The molecule has 2 aromatic rings. The molecule has 0 saturated carbocycles. The van der Waals surface area contributed by atoms with Crippen molar-refractivity contribution in [2.45, 2.75) is 13.3 Å². The van der Waals surface area contributed by atoms with Crippen molar-refractivity contribution >= 4 is 22.7 Å². The van der Waals surface area contributed by atoms with Crippen molar-refractivity contribution in [2.75, 3.05) is 20.1 Å². The first kappa shape index (κ1) is 13.7. The summed E-state index contributed by atoms with van der Waals surface area (Å²) >= 11 is 0. The minimum atomic E-state index is -0.490. The van der Waals surface area contributed by atoms with Gasteiger partial charge in [-0.2, -0.15) is 0 Å². The number of nitrogens with one attached hydrogen (secondary N) is 2. The number of nitrogens with zero attached hydrogens (tertiary/aromatic N) is 1. The Morgan fingerprint density at radius 3 is 2.81 bits per heavy atom. The number of carbonyl (C=O) groups excluding carboxylic acids is 2. The van der Waals surface area contributed by atoms with Gasteiger partial charge in [0.05, 0.1) is 5.41 Å². The highest BCUT2D eigenvalue weighted by atomic mass is 16.2. The third-order valence-corrected chi connectivity index (χ3v) is 4.30. The monoisotopic (exact) mass is 285 g/mol. The van der Waals surface area contributed by atoms with E-state index in [-0.39, 0.29) is 11.8 Å². The summed E-state index contributed by atoms with van der Waals surface area (Å²) in [5.74, 6) is -0.0479. The lowest BCUT2D eigenvalue weighted by Gasteiger charge is -2.22. The Morgan fingerprint density at radius 1 is 1.33 bits per heavy atom. The zero-order chi connectivity index (χ0) is 15.0. The first-order chi connectivity index (χ1) is 10.0. The molecular formula is C16H19N3O2. The third kappa shape index (κ3) is 2.28. The summed E-state index contributed by atoms with van der Waals surface area (Å²) in [5, 5.41) is 3.71. The summed E-state index contributed by atoms with van der Waals surface area (Å²) in [7, 11) is 1.63. The Hall–Kier alpha value is -2.30. The van der Waals surface area contributed by atoms with Gasteiger partial charge in [0, 0.05) is 31.0 Å². The molecule has 0 spiro atoms. The van der Waals surface area contributed by atoms with E-state index in [1.165, 1.54) is 0 Å². The number of likely N-dealkylation sites (tertiary alicyclic amines) is 1. The van der Waals surface area contributed by atoms with E-state index in [4.69, 9.17) is 0 Å². The van der Waals surface area contributed by atoms with E-state index < -0.39 is 5.41 Å². The van der Waals surface area contributed by atoms with Crippen LogP contribution in [0.4, 0.5) is 0 Å². The molecule has 1 unspecified atom stereocenters. The van der Waals surface area contributed by atoms with Crippen LogP contribution < -0.4 is 5.32 Å². The van der Waals surface area contributed by atoms with Crippen molar-refractivity contribution in [1.82, 2.24) is 15.2 Å². The van der Waals surface area contributed by atoms with Gasteiger partial charge in [-0.05, 0) is 25.5 Å². The smallest absolute Gasteiger partial charge is 0.270 e. The highest BCUT2D eigenvalue weighted by Crippen LogP contribution is 2.31. The van der Waals surface area contributed by atoms with Crippen molar-refractivity contribution in [2.24, 2.45) is 5.41 Å². The zero-order valence-corrected chi connectivity index (χ0v) is 12.3. The Bertz CT molecular complexity index is 673. The molecule has 1 aromatic heterocycles. The lowest BCUT2D eigenvalue weighted by atomic mass is 9.89. The minimum Gasteiger partial charge on any atom is -0.359 e. The standard InChI is InChI=1S/C16H19N3O2/c1-16(15(21)17-2)7-8-19(10-16)14(20)13-9-11-5-3-4-6-12(11)18-13/h3-6,9,18H,7-8,10H2,1-2H3,(H,17,21). The molecule has 5 nitrogen and oxygen atoms in total. The summed E-state index contributed by atoms with van der Waals surface area (Å²) in [4.78, 5) is 29.4. The molecule has 1 aliphatic heterocycles. The quantitative estimate of drug-likeness (QED) is 0.883. The predicted octanol–water partition coefficient (Wildman–Crippen LogP) is 1.77. The van der Waals surface area contributed by atoms with Crippen LogP contribution in [-0.4, -0.2) is 41.8 Å². The number of fused-ring (bicyclic) bond motifs is 1. The molecule has 0 aliphatic carbocycles. The van der Waals surface area contributed by atoms with Crippen LogP contribution in [0.1, 0.15) is 23.8 Å².